The van der Waals surface area contributed by atoms with E-state index in [2.05, 4.69) is 4.90 Å². The molecule has 0 radical (unpaired) electrons. The zero-order valence-corrected chi connectivity index (χ0v) is 15.4. The van der Waals surface area contributed by atoms with Crippen molar-refractivity contribution in [2.75, 3.05) is 38.2 Å². The first kappa shape index (κ1) is 20.7. The highest BCUT2D eigenvalue weighted by Crippen LogP contribution is 2.29. The average molecular weight is 392 g/mol. The van der Waals surface area contributed by atoms with Crippen LogP contribution in [0.2, 0.25) is 0 Å². The standard InChI is InChI=1S/C17H23F3N2O3S/c1-26(24,25)12-7-16(23)22-9-2-8-21(10-11-22)13-14-3-5-15(6-4-14)17(18,19)20/h3-6H,2,7-13H2,1H3. The number of halogens is 3. The van der Waals surface area contributed by atoms with Crippen LogP contribution in [0.1, 0.15) is 24.0 Å². The van der Waals surface area contributed by atoms with Crippen LogP contribution in [0.4, 0.5) is 13.2 Å². The highest BCUT2D eigenvalue weighted by molar-refractivity contribution is 7.90. The third-order valence-corrected chi connectivity index (χ3v) is 5.26. The summed E-state index contributed by atoms with van der Waals surface area (Å²) in [5, 5.41) is 0. The summed E-state index contributed by atoms with van der Waals surface area (Å²) in [6, 6.07) is 5.10. The third kappa shape index (κ3) is 6.60. The Hall–Kier alpha value is -1.61. The van der Waals surface area contributed by atoms with Gasteiger partial charge < -0.3 is 4.90 Å². The lowest BCUT2D eigenvalue weighted by atomic mass is 10.1. The van der Waals surface area contributed by atoms with Crippen molar-refractivity contribution in [2.45, 2.75) is 25.6 Å². The lowest BCUT2D eigenvalue weighted by Crippen LogP contribution is -2.35. The van der Waals surface area contributed by atoms with E-state index < -0.39 is 21.6 Å². The van der Waals surface area contributed by atoms with Gasteiger partial charge >= 0.3 is 6.18 Å². The third-order valence-electron chi connectivity index (χ3n) is 4.32. The smallest absolute Gasteiger partial charge is 0.341 e. The van der Waals surface area contributed by atoms with Gasteiger partial charge in [0.25, 0.3) is 0 Å². The van der Waals surface area contributed by atoms with E-state index in [0.29, 0.717) is 26.2 Å². The van der Waals surface area contributed by atoms with Crippen molar-refractivity contribution in [1.29, 1.82) is 0 Å². The molecule has 1 amide bonds. The molecule has 1 aliphatic heterocycles. The van der Waals surface area contributed by atoms with Gasteiger partial charge in [0, 0.05) is 45.4 Å². The number of carbonyl (C=O) groups excluding carboxylic acids is 1. The SMILES string of the molecule is CS(=O)(=O)CCC(=O)N1CCCN(Cc2ccc(C(F)(F)F)cc2)CC1. The van der Waals surface area contributed by atoms with Gasteiger partial charge in [-0.05, 0) is 24.1 Å². The topological polar surface area (TPSA) is 57.7 Å². The van der Waals surface area contributed by atoms with Crippen molar-refractivity contribution in [2.24, 2.45) is 0 Å². The second-order valence-corrected chi connectivity index (χ2v) is 8.84. The number of alkyl halides is 3. The molecule has 0 unspecified atom stereocenters. The first-order chi connectivity index (χ1) is 12.0. The second kappa shape index (κ2) is 8.39. The van der Waals surface area contributed by atoms with Gasteiger partial charge in [-0.25, -0.2) is 8.42 Å². The highest BCUT2D eigenvalue weighted by atomic mass is 32.2. The minimum atomic E-state index is -4.34. The summed E-state index contributed by atoms with van der Waals surface area (Å²) >= 11 is 0. The van der Waals surface area contributed by atoms with Crippen LogP contribution >= 0.6 is 0 Å². The highest BCUT2D eigenvalue weighted by Gasteiger charge is 2.30. The minimum Gasteiger partial charge on any atom is -0.341 e. The van der Waals surface area contributed by atoms with E-state index >= 15 is 0 Å². The van der Waals surface area contributed by atoms with Crippen LogP contribution in [0, 0.1) is 0 Å². The molecular weight excluding hydrogens is 369 g/mol. The van der Waals surface area contributed by atoms with Crippen LogP contribution in [0.5, 0.6) is 0 Å². The van der Waals surface area contributed by atoms with E-state index in [1.165, 1.54) is 12.1 Å². The van der Waals surface area contributed by atoms with E-state index in [1.807, 2.05) is 0 Å². The molecule has 1 fully saturated rings. The van der Waals surface area contributed by atoms with E-state index in [-0.39, 0.29) is 18.1 Å². The van der Waals surface area contributed by atoms with E-state index in [9.17, 15) is 26.4 Å². The van der Waals surface area contributed by atoms with Crippen molar-refractivity contribution in [3.63, 3.8) is 0 Å². The quantitative estimate of drug-likeness (QED) is 0.771. The maximum Gasteiger partial charge on any atom is 0.416 e. The molecule has 2 rings (SSSR count). The zero-order chi connectivity index (χ0) is 19.4. The monoisotopic (exact) mass is 392 g/mol. The van der Waals surface area contributed by atoms with Gasteiger partial charge in [-0.2, -0.15) is 13.2 Å². The normalized spacial score (nSPS) is 17.2. The number of carbonyl (C=O) groups is 1. The van der Waals surface area contributed by atoms with Gasteiger partial charge in [0.05, 0.1) is 11.3 Å². The van der Waals surface area contributed by atoms with Crippen molar-refractivity contribution in [3.05, 3.63) is 35.4 Å². The van der Waals surface area contributed by atoms with Crippen molar-refractivity contribution >= 4 is 15.7 Å². The molecule has 1 aromatic rings. The van der Waals surface area contributed by atoms with Gasteiger partial charge in [0.1, 0.15) is 9.84 Å². The van der Waals surface area contributed by atoms with Crippen molar-refractivity contribution in [1.82, 2.24) is 9.80 Å². The van der Waals surface area contributed by atoms with E-state index in [1.54, 1.807) is 4.90 Å². The van der Waals surface area contributed by atoms with Crippen LogP contribution in [0.15, 0.2) is 24.3 Å². The van der Waals surface area contributed by atoms with Crippen LogP contribution in [-0.4, -0.2) is 62.3 Å². The van der Waals surface area contributed by atoms with Gasteiger partial charge in [-0.1, -0.05) is 12.1 Å². The van der Waals surface area contributed by atoms with Crippen molar-refractivity contribution in [3.8, 4) is 0 Å². The predicted octanol–water partition coefficient (Wildman–Crippen LogP) is 2.17. The molecule has 1 aromatic carbocycles. The fourth-order valence-electron chi connectivity index (χ4n) is 2.87. The van der Waals surface area contributed by atoms with Gasteiger partial charge in [-0.3, -0.25) is 9.69 Å². The Kier molecular flexibility index (Phi) is 6.68. The van der Waals surface area contributed by atoms with Crippen LogP contribution in [0.3, 0.4) is 0 Å². The molecule has 1 saturated heterocycles. The number of hydrogen-bond donors (Lipinski definition) is 0. The fourth-order valence-corrected chi connectivity index (χ4v) is 3.41. The first-order valence-corrected chi connectivity index (χ1v) is 10.4. The first-order valence-electron chi connectivity index (χ1n) is 8.38. The molecule has 5 nitrogen and oxygen atoms in total. The molecule has 0 saturated carbocycles. The molecule has 0 atom stereocenters. The van der Waals surface area contributed by atoms with Gasteiger partial charge in [-0.15, -0.1) is 0 Å². The van der Waals surface area contributed by atoms with Crippen molar-refractivity contribution < 1.29 is 26.4 Å². The largest absolute Gasteiger partial charge is 0.416 e. The number of amides is 1. The molecular formula is C17H23F3N2O3S. The van der Waals surface area contributed by atoms with Crippen LogP contribution in [-0.2, 0) is 27.4 Å². The van der Waals surface area contributed by atoms with E-state index in [0.717, 1.165) is 36.9 Å². The maximum atomic E-state index is 12.6. The maximum absolute atomic E-state index is 12.6. The lowest BCUT2D eigenvalue weighted by Gasteiger charge is -2.22. The molecule has 26 heavy (non-hydrogen) atoms. The molecule has 1 heterocycles. The lowest BCUT2D eigenvalue weighted by molar-refractivity contribution is -0.137. The fraction of sp³-hybridized carbons (Fsp3) is 0.588. The molecule has 0 aliphatic carbocycles. The second-order valence-electron chi connectivity index (χ2n) is 6.59. The summed E-state index contributed by atoms with van der Waals surface area (Å²) in [5.74, 6) is -0.329. The molecule has 0 bridgehead atoms. The molecule has 0 aromatic heterocycles. The minimum absolute atomic E-state index is 0.0161. The molecule has 1 aliphatic rings. The van der Waals surface area contributed by atoms with Gasteiger partial charge in [0.15, 0.2) is 0 Å². The van der Waals surface area contributed by atoms with E-state index in [4.69, 9.17) is 0 Å². The molecule has 9 heteroatoms. The Morgan fingerprint density at radius 1 is 1.08 bits per heavy atom. The Labute approximate surface area is 151 Å². The summed E-state index contributed by atoms with van der Waals surface area (Å²) < 4.78 is 60.2. The number of rotatable bonds is 5. The number of sulfone groups is 1. The summed E-state index contributed by atoms with van der Waals surface area (Å²) in [6.45, 7) is 2.90. The zero-order valence-electron chi connectivity index (χ0n) is 14.6. The Balaban J connectivity index is 1.87. The molecule has 0 N–H and O–H groups in total. The average Bonchev–Trinajstić information content (AvgIpc) is 2.77. The Morgan fingerprint density at radius 2 is 1.73 bits per heavy atom. The Bertz CT molecular complexity index is 718. The Morgan fingerprint density at radius 3 is 2.31 bits per heavy atom. The summed E-state index contributed by atoms with van der Waals surface area (Å²) in [6.07, 6.45) is -2.51. The molecule has 0 spiro atoms. The molecule has 146 valence electrons. The predicted molar refractivity (Wildman–Crippen MR) is 92.2 cm³/mol. The number of benzene rings is 1. The summed E-state index contributed by atoms with van der Waals surface area (Å²) in [7, 11) is -3.17. The number of nitrogens with zero attached hydrogens (tertiary/aromatic N) is 2. The van der Waals surface area contributed by atoms with Crippen LogP contribution < -0.4 is 0 Å². The number of hydrogen-bond acceptors (Lipinski definition) is 4. The summed E-state index contributed by atoms with van der Waals surface area (Å²) in [5.41, 5.74) is 0.120. The summed E-state index contributed by atoms with van der Waals surface area (Å²) in [4.78, 5) is 15.9. The van der Waals surface area contributed by atoms with Crippen LogP contribution in [0.25, 0.3) is 0 Å². The van der Waals surface area contributed by atoms with Gasteiger partial charge in [0.2, 0.25) is 5.91 Å².